The van der Waals surface area contributed by atoms with Gasteiger partial charge in [0, 0.05) is 6.42 Å². The second-order valence-corrected chi connectivity index (χ2v) is 9.08. The van der Waals surface area contributed by atoms with Crippen molar-refractivity contribution in [3.63, 3.8) is 0 Å². The van der Waals surface area contributed by atoms with Crippen molar-refractivity contribution < 1.29 is 15.0 Å². The van der Waals surface area contributed by atoms with Crippen LogP contribution in [0.15, 0.2) is 60.8 Å². The number of aliphatic hydroxyl groups excluding tert-OH is 2. The average molecular weight is 488 g/mol. The van der Waals surface area contributed by atoms with Crippen molar-refractivity contribution in [1.82, 2.24) is 5.32 Å². The molecule has 0 aromatic carbocycles. The number of unbranched alkanes of at least 4 members (excludes halogenated alkanes) is 8. The summed E-state index contributed by atoms with van der Waals surface area (Å²) < 4.78 is 0. The highest BCUT2D eigenvalue weighted by Crippen LogP contribution is 2.08. The van der Waals surface area contributed by atoms with E-state index in [1.165, 1.54) is 32.1 Å². The van der Waals surface area contributed by atoms with Crippen LogP contribution in [0.25, 0.3) is 0 Å². The molecule has 0 heterocycles. The second-order valence-electron chi connectivity index (χ2n) is 9.08. The summed E-state index contributed by atoms with van der Waals surface area (Å²) in [5.41, 5.74) is 0. The number of amides is 1. The molecule has 0 saturated heterocycles. The van der Waals surface area contributed by atoms with Gasteiger partial charge in [0.1, 0.15) is 0 Å². The first-order valence-corrected chi connectivity index (χ1v) is 14.0. The highest BCUT2D eigenvalue weighted by molar-refractivity contribution is 5.76. The van der Waals surface area contributed by atoms with E-state index >= 15 is 0 Å². The van der Waals surface area contributed by atoms with E-state index in [1.54, 1.807) is 6.08 Å². The highest BCUT2D eigenvalue weighted by Gasteiger charge is 2.17. The van der Waals surface area contributed by atoms with Crippen molar-refractivity contribution >= 4 is 5.91 Å². The van der Waals surface area contributed by atoms with Crippen LogP contribution in [0, 0.1) is 0 Å². The molecule has 0 fully saturated rings. The molecule has 0 radical (unpaired) electrons. The first-order chi connectivity index (χ1) is 17.2. The van der Waals surface area contributed by atoms with Crippen LogP contribution in [0.2, 0.25) is 0 Å². The maximum atomic E-state index is 12.2. The Morgan fingerprint density at radius 3 is 1.89 bits per heavy atom. The molecule has 0 bridgehead atoms. The molecule has 1 amide bonds. The lowest BCUT2D eigenvalue weighted by Crippen LogP contribution is -2.45. The summed E-state index contributed by atoms with van der Waals surface area (Å²) in [5, 5.41) is 22.6. The van der Waals surface area contributed by atoms with E-state index in [0.29, 0.717) is 6.42 Å². The zero-order valence-corrected chi connectivity index (χ0v) is 22.5. The standard InChI is InChI=1S/C31H53NO3/c1-3-5-7-9-11-13-14-15-16-17-18-19-21-23-25-27-31(35)32-29(28-33)30(34)26-24-22-20-12-10-8-6-4-2/h5,7,11,13,15-16,18-19,24,26,29-30,33-34H,3-4,6,8-10,12,14,17,20-23,25,27-28H2,1-2H3,(H,32,35)/b7-5-,13-11-,16-15-,19-18-,26-24+. The SMILES string of the molecule is CC/C=C\C/C=C\C/C=C\C/C=C\CCCCC(=O)NC(CO)C(O)/C=C/CCCCCCCC. The lowest BCUT2D eigenvalue weighted by Gasteiger charge is -2.19. The van der Waals surface area contributed by atoms with Gasteiger partial charge in [-0.25, -0.2) is 0 Å². The Labute approximate surface area is 216 Å². The number of nitrogens with one attached hydrogen (secondary N) is 1. The van der Waals surface area contributed by atoms with Gasteiger partial charge in [-0.15, -0.1) is 0 Å². The number of carbonyl (C=O) groups is 1. The predicted molar refractivity (Wildman–Crippen MR) is 151 cm³/mol. The number of hydrogen-bond donors (Lipinski definition) is 3. The summed E-state index contributed by atoms with van der Waals surface area (Å²) in [5.74, 6) is -0.113. The van der Waals surface area contributed by atoms with Crippen LogP contribution in [0.5, 0.6) is 0 Å². The minimum atomic E-state index is -0.853. The average Bonchev–Trinajstić information content (AvgIpc) is 2.86. The maximum Gasteiger partial charge on any atom is 0.220 e. The summed E-state index contributed by atoms with van der Waals surface area (Å²) >= 11 is 0. The lowest BCUT2D eigenvalue weighted by molar-refractivity contribution is -0.123. The fraction of sp³-hybridized carbons (Fsp3) is 0.645. The van der Waals surface area contributed by atoms with Crippen LogP contribution in [0.4, 0.5) is 0 Å². The van der Waals surface area contributed by atoms with E-state index in [4.69, 9.17) is 0 Å². The van der Waals surface area contributed by atoms with Crippen molar-refractivity contribution in [3.8, 4) is 0 Å². The topological polar surface area (TPSA) is 69.6 Å². The van der Waals surface area contributed by atoms with Crippen molar-refractivity contribution in [2.75, 3.05) is 6.61 Å². The molecule has 0 aliphatic rings. The Kier molecular flexibility index (Phi) is 25.2. The molecule has 4 heteroatoms. The van der Waals surface area contributed by atoms with Gasteiger partial charge in [-0.1, -0.05) is 107 Å². The molecule has 2 unspecified atom stereocenters. The highest BCUT2D eigenvalue weighted by atomic mass is 16.3. The minimum Gasteiger partial charge on any atom is -0.394 e. The summed E-state index contributed by atoms with van der Waals surface area (Å²) in [4.78, 5) is 12.2. The largest absolute Gasteiger partial charge is 0.394 e. The fourth-order valence-electron chi connectivity index (χ4n) is 3.58. The maximum absolute atomic E-state index is 12.2. The Morgan fingerprint density at radius 2 is 1.26 bits per heavy atom. The molecule has 0 aliphatic heterocycles. The molecule has 0 aromatic rings. The number of carbonyl (C=O) groups excluding carboxylic acids is 1. The third-order valence-electron chi connectivity index (χ3n) is 5.76. The van der Waals surface area contributed by atoms with E-state index in [-0.39, 0.29) is 12.5 Å². The van der Waals surface area contributed by atoms with Gasteiger partial charge >= 0.3 is 0 Å². The number of allylic oxidation sites excluding steroid dienone is 9. The fourth-order valence-corrected chi connectivity index (χ4v) is 3.58. The van der Waals surface area contributed by atoms with Gasteiger partial charge in [-0.3, -0.25) is 4.79 Å². The Bertz CT molecular complexity index is 619. The van der Waals surface area contributed by atoms with E-state index < -0.39 is 12.1 Å². The van der Waals surface area contributed by atoms with Gasteiger partial charge < -0.3 is 15.5 Å². The molecule has 200 valence electrons. The Hall–Kier alpha value is -1.91. The summed E-state index contributed by atoms with van der Waals surface area (Å²) in [6.45, 7) is 4.09. The normalized spacial score (nSPS) is 14.3. The Balaban J connectivity index is 3.84. The Morgan fingerprint density at radius 1 is 0.714 bits per heavy atom. The number of rotatable bonds is 23. The molecule has 0 aromatic heterocycles. The van der Waals surface area contributed by atoms with Gasteiger partial charge in [0.05, 0.1) is 18.8 Å². The second kappa shape index (κ2) is 26.7. The van der Waals surface area contributed by atoms with Crippen LogP contribution in [0.1, 0.15) is 110 Å². The monoisotopic (exact) mass is 487 g/mol. The molecule has 0 aliphatic carbocycles. The van der Waals surface area contributed by atoms with E-state index in [2.05, 4.69) is 67.8 Å². The molecule has 2 atom stereocenters. The van der Waals surface area contributed by atoms with Crippen molar-refractivity contribution in [2.45, 2.75) is 122 Å². The van der Waals surface area contributed by atoms with E-state index in [9.17, 15) is 15.0 Å². The van der Waals surface area contributed by atoms with Gasteiger partial charge in [-0.2, -0.15) is 0 Å². The smallest absolute Gasteiger partial charge is 0.220 e. The molecule has 35 heavy (non-hydrogen) atoms. The quantitative estimate of drug-likeness (QED) is 0.103. The molecular weight excluding hydrogens is 434 g/mol. The van der Waals surface area contributed by atoms with Crippen LogP contribution in [-0.4, -0.2) is 34.9 Å². The van der Waals surface area contributed by atoms with Crippen LogP contribution >= 0.6 is 0 Å². The summed E-state index contributed by atoms with van der Waals surface area (Å²) in [7, 11) is 0. The molecule has 0 spiro atoms. The third-order valence-corrected chi connectivity index (χ3v) is 5.76. The van der Waals surface area contributed by atoms with Crippen molar-refractivity contribution in [2.24, 2.45) is 0 Å². The number of aliphatic hydroxyl groups is 2. The van der Waals surface area contributed by atoms with E-state index in [0.717, 1.165) is 57.8 Å². The third kappa shape index (κ3) is 23.6. The van der Waals surface area contributed by atoms with Gasteiger partial charge in [0.25, 0.3) is 0 Å². The first kappa shape index (κ1) is 33.1. The van der Waals surface area contributed by atoms with E-state index in [1.807, 2.05) is 6.08 Å². The summed E-state index contributed by atoms with van der Waals surface area (Å²) in [6, 6.07) is -0.641. The molecule has 0 saturated carbocycles. The minimum absolute atomic E-state index is 0.113. The molecular formula is C31H53NO3. The number of hydrogen-bond acceptors (Lipinski definition) is 3. The van der Waals surface area contributed by atoms with Gasteiger partial charge in [0.15, 0.2) is 0 Å². The van der Waals surface area contributed by atoms with Gasteiger partial charge in [-0.05, 0) is 57.8 Å². The zero-order chi connectivity index (χ0) is 25.8. The molecule has 3 N–H and O–H groups in total. The zero-order valence-electron chi connectivity index (χ0n) is 22.5. The van der Waals surface area contributed by atoms with Crippen molar-refractivity contribution in [3.05, 3.63) is 60.8 Å². The van der Waals surface area contributed by atoms with Crippen LogP contribution in [-0.2, 0) is 4.79 Å². The first-order valence-electron chi connectivity index (χ1n) is 14.0. The van der Waals surface area contributed by atoms with Gasteiger partial charge in [0.2, 0.25) is 5.91 Å². The summed E-state index contributed by atoms with van der Waals surface area (Å²) in [6.07, 6.45) is 35.8. The van der Waals surface area contributed by atoms with Crippen molar-refractivity contribution in [1.29, 1.82) is 0 Å². The molecule has 4 nitrogen and oxygen atoms in total. The van der Waals surface area contributed by atoms with Crippen LogP contribution in [0.3, 0.4) is 0 Å². The predicted octanol–water partition coefficient (Wildman–Crippen LogP) is 7.50. The van der Waals surface area contributed by atoms with Crippen LogP contribution < -0.4 is 5.32 Å². The lowest BCUT2D eigenvalue weighted by atomic mass is 10.1. The molecule has 0 rings (SSSR count).